The van der Waals surface area contributed by atoms with E-state index in [-0.39, 0.29) is 6.54 Å². The molecule has 0 radical (unpaired) electrons. The molecule has 0 aromatic carbocycles. The molecule has 0 saturated heterocycles. The molecule has 1 N–H and O–H groups in total. The normalized spacial score (nSPS) is 13.3. The van der Waals surface area contributed by atoms with Crippen molar-refractivity contribution in [3.05, 3.63) is 28.9 Å². The maximum Gasteiger partial charge on any atom is 0.421 e. The Labute approximate surface area is 79.6 Å². The van der Waals surface area contributed by atoms with Crippen LogP contribution < -0.4 is 5.76 Å². The van der Waals surface area contributed by atoms with Gasteiger partial charge in [-0.3, -0.25) is 4.57 Å². The van der Waals surface area contributed by atoms with Gasteiger partial charge in [-0.25, -0.2) is 9.78 Å². The molecule has 2 rings (SSSR count). The van der Waals surface area contributed by atoms with E-state index in [1.165, 1.54) is 4.57 Å². The van der Waals surface area contributed by atoms with Crippen LogP contribution in [-0.4, -0.2) is 20.8 Å². The molecule has 0 spiro atoms. The van der Waals surface area contributed by atoms with Crippen LogP contribution in [0.5, 0.6) is 0 Å². The Hall–Kier alpha value is -1.62. The summed E-state index contributed by atoms with van der Waals surface area (Å²) in [5.41, 5.74) is 0.913. The average molecular weight is 194 g/mol. The van der Waals surface area contributed by atoms with Crippen LogP contribution in [0.4, 0.5) is 0 Å². The van der Waals surface area contributed by atoms with Gasteiger partial charge < -0.3 is 9.52 Å². The van der Waals surface area contributed by atoms with Crippen LogP contribution in [-0.2, 0) is 6.54 Å². The minimum absolute atomic E-state index is 0.197. The summed E-state index contributed by atoms with van der Waals surface area (Å²) in [6.45, 7) is 1.80. The predicted octanol–water partition coefficient (Wildman–Crippen LogP) is 0.370. The summed E-state index contributed by atoms with van der Waals surface area (Å²) < 4.78 is 6.25. The monoisotopic (exact) mass is 194 g/mol. The standard InChI is InChI=1S/C9H10N2O3/c1-6(12)5-11-8-7(14-9(11)13)3-2-4-10-8/h2-4,6,12H,5H2,1H3/t6-/m0/s1. The number of oxazole rings is 1. The first-order valence-electron chi connectivity index (χ1n) is 4.31. The van der Waals surface area contributed by atoms with Gasteiger partial charge in [-0.2, -0.15) is 0 Å². The molecular formula is C9H10N2O3. The van der Waals surface area contributed by atoms with E-state index in [2.05, 4.69) is 4.98 Å². The lowest BCUT2D eigenvalue weighted by molar-refractivity contribution is 0.171. The number of hydrogen-bond donors (Lipinski definition) is 1. The number of nitrogens with zero attached hydrogens (tertiary/aromatic N) is 2. The SMILES string of the molecule is C[C@H](O)Cn1c(=O)oc2cccnc21. The van der Waals surface area contributed by atoms with E-state index in [4.69, 9.17) is 4.42 Å². The molecule has 0 aliphatic carbocycles. The number of aliphatic hydroxyl groups is 1. The minimum atomic E-state index is -0.601. The van der Waals surface area contributed by atoms with Crippen molar-refractivity contribution in [2.24, 2.45) is 0 Å². The van der Waals surface area contributed by atoms with Gasteiger partial charge in [-0.15, -0.1) is 0 Å². The van der Waals surface area contributed by atoms with Crippen molar-refractivity contribution in [1.29, 1.82) is 0 Å². The molecule has 74 valence electrons. The molecule has 5 heteroatoms. The fourth-order valence-corrected chi connectivity index (χ4v) is 1.33. The highest BCUT2D eigenvalue weighted by atomic mass is 16.4. The van der Waals surface area contributed by atoms with Gasteiger partial charge >= 0.3 is 5.76 Å². The first kappa shape index (κ1) is 8.96. The van der Waals surface area contributed by atoms with Crippen LogP contribution in [0.25, 0.3) is 11.2 Å². The van der Waals surface area contributed by atoms with Gasteiger partial charge in [0, 0.05) is 6.20 Å². The summed E-state index contributed by atoms with van der Waals surface area (Å²) in [5, 5.41) is 9.18. The zero-order valence-electron chi connectivity index (χ0n) is 7.67. The fourth-order valence-electron chi connectivity index (χ4n) is 1.33. The highest BCUT2D eigenvalue weighted by Gasteiger charge is 2.10. The van der Waals surface area contributed by atoms with Gasteiger partial charge in [0.1, 0.15) is 0 Å². The highest BCUT2D eigenvalue weighted by molar-refractivity contribution is 5.67. The molecule has 2 aromatic rings. The Morgan fingerprint density at radius 1 is 1.71 bits per heavy atom. The van der Waals surface area contributed by atoms with Crippen LogP contribution in [0.2, 0.25) is 0 Å². The van der Waals surface area contributed by atoms with Crippen LogP contribution in [0.3, 0.4) is 0 Å². The number of fused-ring (bicyclic) bond motifs is 1. The summed E-state index contributed by atoms with van der Waals surface area (Å²) in [6, 6.07) is 3.36. The van der Waals surface area contributed by atoms with E-state index >= 15 is 0 Å². The predicted molar refractivity (Wildman–Crippen MR) is 49.9 cm³/mol. The lowest BCUT2D eigenvalue weighted by Crippen LogP contribution is -2.21. The van der Waals surface area contributed by atoms with Crippen molar-refractivity contribution in [3.8, 4) is 0 Å². The van der Waals surface area contributed by atoms with Crippen LogP contribution >= 0.6 is 0 Å². The fraction of sp³-hybridized carbons (Fsp3) is 0.333. The van der Waals surface area contributed by atoms with Crippen molar-refractivity contribution < 1.29 is 9.52 Å². The van der Waals surface area contributed by atoms with Crippen molar-refractivity contribution in [2.45, 2.75) is 19.6 Å². The van der Waals surface area contributed by atoms with Crippen molar-refractivity contribution in [3.63, 3.8) is 0 Å². The maximum atomic E-state index is 11.3. The first-order valence-corrected chi connectivity index (χ1v) is 4.31. The number of pyridine rings is 1. The third kappa shape index (κ3) is 1.42. The molecule has 0 amide bonds. The number of aromatic nitrogens is 2. The molecule has 5 nitrogen and oxygen atoms in total. The molecule has 2 heterocycles. The molecule has 0 bridgehead atoms. The average Bonchev–Trinajstić information content (AvgIpc) is 2.43. The summed E-state index contributed by atoms with van der Waals surface area (Å²) in [4.78, 5) is 15.3. The third-order valence-corrected chi connectivity index (χ3v) is 1.87. The Kier molecular flexibility index (Phi) is 2.09. The van der Waals surface area contributed by atoms with Crippen LogP contribution in [0, 0.1) is 0 Å². The van der Waals surface area contributed by atoms with Gasteiger partial charge in [-0.05, 0) is 19.1 Å². The largest absolute Gasteiger partial charge is 0.421 e. The Balaban J connectivity index is 2.62. The van der Waals surface area contributed by atoms with E-state index in [9.17, 15) is 9.90 Å². The summed E-state index contributed by atoms with van der Waals surface area (Å²) >= 11 is 0. The van der Waals surface area contributed by atoms with Gasteiger partial charge in [0.15, 0.2) is 11.2 Å². The van der Waals surface area contributed by atoms with Gasteiger partial charge in [0.25, 0.3) is 0 Å². The molecule has 1 atom stereocenters. The van der Waals surface area contributed by atoms with Crippen molar-refractivity contribution in [2.75, 3.05) is 0 Å². The second-order valence-electron chi connectivity index (χ2n) is 3.15. The van der Waals surface area contributed by atoms with E-state index in [0.29, 0.717) is 11.2 Å². The Morgan fingerprint density at radius 2 is 2.50 bits per heavy atom. The molecular weight excluding hydrogens is 184 g/mol. The summed E-state index contributed by atoms with van der Waals surface area (Å²) in [5.74, 6) is -0.486. The summed E-state index contributed by atoms with van der Waals surface area (Å²) in [6.07, 6.45) is 0.978. The van der Waals surface area contributed by atoms with Crippen LogP contribution in [0.1, 0.15) is 6.92 Å². The maximum absolute atomic E-state index is 11.3. The molecule has 0 unspecified atom stereocenters. The molecule has 0 aliphatic rings. The molecule has 0 aliphatic heterocycles. The summed E-state index contributed by atoms with van der Waals surface area (Å²) in [7, 11) is 0. The Morgan fingerprint density at radius 3 is 3.21 bits per heavy atom. The lowest BCUT2D eigenvalue weighted by Gasteiger charge is -2.02. The Bertz CT molecular complexity index is 498. The van der Waals surface area contributed by atoms with E-state index in [0.717, 1.165) is 0 Å². The molecule has 2 aromatic heterocycles. The van der Waals surface area contributed by atoms with Gasteiger partial charge in [0.05, 0.1) is 12.6 Å². The van der Waals surface area contributed by atoms with Crippen LogP contribution in [0.15, 0.2) is 27.5 Å². The number of aliphatic hydroxyl groups excluding tert-OH is 1. The van der Waals surface area contributed by atoms with Crippen molar-refractivity contribution >= 4 is 11.2 Å². The van der Waals surface area contributed by atoms with Gasteiger partial charge in [0.2, 0.25) is 0 Å². The van der Waals surface area contributed by atoms with E-state index < -0.39 is 11.9 Å². The smallest absolute Gasteiger partial charge is 0.406 e. The van der Waals surface area contributed by atoms with E-state index in [1.807, 2.05) is 0 Å². The topological polar surface area (TPSA) is 68.3 Å². The zero-order valence-corrected chi connectivity index (χ0v) is 7.67. The van der Waals surface area contributed by atoms with Crippen molar-refractivity contribution in [1.82, 2.24) is 9.55 Å². The molecule has 14 heavy (non-hydrogen) atoms. The third-order valence-electron chi connectivity index (χ3n) is 1.87. The molecule has 0 fully saturated rings. The first-order chi connectivity index (χ1) is 6.68. The molecule has 0 saturated carbocycles. The quantitative estimate of drug-likeness (QED) is 0.749. The number of rotatable bonds is 2. The zero-order chi connectivity index (χ0) is 10.1. The van der Waals surface area contributed by atoms with Gasteiger partial charge in [-0.1, -0.05) is 0 Å². The number of hydrogen-bond acceptors (Lipinski definition) is 4. The highest BCUT2D eigenvalue weighted by Crippen LogP contribution is 2.08. The lowest BCUT2D eigenvalue weighted by atomic mass is 10.4. The second kappa shape index (κ2) is 3.26. The van der Waals surface area contributed by atoms with E-state index in [1.54, 1.807) is 25.3 Å². The minimum Gasteiger partial charge on any atom is -0.406 e. The second-order valence-corrected chi connectivity index (χ2v) is 3.15.